The fourth-order valence-corrected chi connectivity index (χ4v) is 2.48. The van der Waals surface area contributed by atoms with Crippen LogP contribution in [0.2, 0.25) is 0 Å². The predicted molar refractivity (Wildman–Crippen MR) is 69.3 cm³/mol. The van der Waals surface area contributed by atoms with Crippen molar-refractivity contribution in [3.05, 3.63) is 41.7 Å². The lowest BCUT2D eigenvalue weighted by atomic mass is 9.82. The van der Waals surface area contributed by atoms with E-state index in [-0.39, 0.29) is 0 Å². The quantitative estimate of drug-likeness (QED) is 0.736. The molecule has 92 valence electrons. The summed E-state index contributed by atoms with van der Waals surface area (Å²) in [5.41, 5.74) is 2.87. The summed E-state index contributed by atoms with van der Waals surface area (Å²) in [6.07, 6.45) is 6.67. The lowest BCUT2D eigenvalue weighted by Gasteiger charge is -2.24. The first-order valence-corrected chi connectivity index (χ1v) is 6.18. The smallest absolute Gasteiger partial charge is 0.118 e. The third-order valence-corrected chi connectivity index (χ3v) is 3.50. The van der Waals surface area contributed by atoms with Crippen LogP contribution in [-0.4, -0.2) is 14.2 Å². The van der Waals surface area contributed by atoms with Gasteiger partial charge >= 0.3 is 0 Å². The highest BCUT2D eigenvalue weighted by Gasteiger charge is 2.18. The van der Waals surface area contributed by atoms with Crippen LogP contribution in [0.5, 0.6) is 5.75 Å². The normalized spacial score (nSPS) is 19.9. The molecular formula is C15H20O2. The molecule has 0 N–H and O–H groups in total. The van der Waals surface area contributed by atoms with Crippen LogP contribution in [0.25, 0.3) is 0 Å². The standard InChI is InChI=1S/C15H20O2/c1-16-11-12-3-5-13(6-4-12)14-7-9-15(17-2)10-8-14/h7-11,13H,3-6H2,1-2H3. The molecule has 1 saturated carbocycles. The Morgan fingerprint density at radius 2 is 1.71 bits per heavy atom. The van der Waals surface area contributed by atoms with Crippen molar-refractivity contribution in [3.8, 4) is 5.75 Å². The van der Waals surface area contributed by atoms with Crippen molar-refractivity contribution in [3.63, 3.8) is 0 Å². The maximum Gasteiger partial charge on any atom is 0.118 e. The monoisotopic (exact) mass is 232 g/mol. The van der Waals surface area contributed by atoms with E-state index in [2.05, 4.69) is 24.3 Å². The first-order chi connectivity index (χ1) is 8.33. The van der Waals surface area contributed by atoms with Crippen molar-refractivity contribution in [2.45, 2.75) is 31.6 Å². The molecule has 0 aliphatic heterocycles. The molecule has 0 saturated heterocycles. The van der Waals surface area contributed by atoms with Crippen LogP contribution in [0.3, 0.4) is 0 Å². The molecule has 2 nitrogen and oxygen atoms in total. The van der Waals surface area contributed by atoms with Crippen molar-refractivity contribution in [2.24, 2.45) is 0 Å². The number of rotatable bonds is 3. The number of hydrogen-bond acceptors (Lipinski definition) is 2. The molecule has 1 fully saturated rings. The van der Waals surface area contributed by atoms with Crippen molar-refractivity contribution in [2.75, 3.05) is 14.2 Å². The van der Waals surface area contributed by atoms with Gasteiger partial charge in [-0.15, -0.1) is 0 Å². The van der Waals surface area contributed by atoms with Gasteiger partial charge in [0.25, 0.3) is 0 Å². The molecule has 0 spiro atoms. The fourth-order valence-electron chi connectivity index (χ4n) is 2.48. The Morgan fingerprint density at radius 1 is 1.06 bits per heavy atom. The molecule has 0 bridgehead atoms. The Labute approximate surface area is 103 Å². The molecule has 1 aromatic rings. The molecule has 1 aromatic carbocycles. The molecule has 17 heavy (non-hydrogen) atoms. The number of ether oxygens (including phenoxy) is 2. The minimum absolute atomic E-state index is 0.690. The first kappa shape index (κ1) is 12.0. The van der Waals surface area contributed by atoms with Gasteiger partial charge in [-0.2, -0.15) is 0 Å². The zero-order valence-corrected chi connectivity index (χ0v) is 10.6. The lowest BCUT2D eigenvalue weighted by molar-refractivity contribution is 0.326. The van der Waals surface area contributed by atoms with Gasteiger partial charge in [0.15, 0.2) is 0 Å². The molecule has 2 heteroatoms. The second kappa shape index (κ2) is 5.76. The number of benzene rings is 1. The molecule has 1 aliphatic carbocycles. The third-order valence-electron chi connectivity index (χ3n) is 3.50. The summed E-state index contributed by atoms with van der Waals surface area (Å²) in [5, 5.41) is 0. The van der Waals surface area contributed by atoms with Crippen molar-refractivity contribution in [1.82, 2.24) is 0 Å². The summed E-state index contributed by atoms with van der Waals surface area (Å²) in [6, 6.07) is 8.48. The number of methoxy groups -OCH3 is 2. The summed E-state index contributed by atoms with van der Waals surface area (Å²) in [7, 11) is 3.43. The maximum atomic E-state index is 5.18. The van der Waals surface area contributed by atoms with Crippen LogP contribution in [0.1, 0.15) is 37.2 Å². The molecule has 0 heterocycles. The second-order valence-electron chi connectivity index (χ2n) is 4.56. The lowest BCUT2D eigenvalue weighted by Crippen LogP contribution is -2.06. The van der Waals surface area contributed by atoms with E-state index in [1.165, 1.54) is 24.0 Å². The Balaban J connectivity index is 1.98. The van der Waals surface area contributed by atoms with Crippen LogP contribution in [0.15, 0.2) is 36.1 Å². The Morgan fingerprint density at radius 3 is 2.24 bits per heavy atom. The second-order valence-corrected chi connectivity index (χ2v) is 4.56. The Hall–Kier alpha value is -1.44. The highest BCUT2D eigenvalue weighted by molar-refractivity contribution is 5.30. The predicted octanol–water partition coefficient (Wildman–Crippen LogP) is 3.88. The SMILES string of the molecule is COC=C1CCC(c2ccc(OC)cc2)CC1. The van der Waals surface area contributed by atoms with E-state index < -0.39 is 0 Å². The van der Waals surface area contributed by atoms with Crippen LogP contribution < -0.4 is 4.74 Å². The van der Waals surface area contributed by atoms with Gasteiger partial charge in [0.05, 0.1) is 20.5 Å². The largest absolute Gasteiger partial charge is 0.504 e. The van der Waals surface area contributed by atoms with E-state index in [0.717, 1.165) is 18.6 Å². The van der Waals surface area contributed by atoms with E-state index in [0.29, 0.717) is 5.92 Å². The van der Waals surface area contributed by atoms with Gasteiger partial charge in [-0.25, -0.2) is 0 Å². The van der Waals surface area contributed by atoms with Gasteiger partial charge in [-0.3, -0.25) is 0 Å². The van der Waals surface area contributed by atoms with Gasteiger partial charge in [-0.1, -0.05) is 12.1 Å². The molecule has 2 rings (SSSR count). The molecular weight excluding hydrogens is 212 g/mol. The van der Waals surface area contributed by atoms with Gasteiger partial charge in [0, 0.05) is 0 Å². The van der Waals surface area contributed by atoms with Gasteiger partial charge in [-0.05, 0) is 54.9 Å². The highest BCUT2D eigenvalue weighted by Crippen LogP contribution is 2.35. The molecule has 0 radical (unpaired) electrons. The summed E-state index contributed by atoms with van der Waals surface area (Å²) in [5.74, 6) is 1.62. The topological polar surface area (TPSA) is 18.5 Å². The van der Waals surface area contributed by atoms with E-state index in [4.69, 9.17) is 9.47 Å². The third kappa shape index (κ3) is 3.02. The summed E-state index contributed by atoms with van der Waals surface area (Å²) < 4.78 is 10.3. The molecule has 0 amide bonds. The molecule has 1 aliphatic rings. The van der Waals surface area contributed by atoms with Crippen LogP contribution in [-0.2, 0) is 4.74 Å². The van der Waals surface area contributed by atoms with Crippen LogP contribution in [0, 0.1) is 0 Å². The zero-order chi connectivity index (χ0) is 12.1. The minimum Gasteiger partial charge on any atom is -0.504 e. The average molecular weight is 232 g/mol. The van der Waals surface area contributed by atoms with Gasteiger partial charge in [0.2, 0.25) is 0 Å². The van der Waals surface area contributed by atoms with Crippen molar-refractivity contribution < 1.29 is 9.47 Å². The summed E-state index contributed by atoms with van der Waals surface area (Å²) in [4.78, 5) is 0. The summed E-state index contributed by atoms with van der Waals surface area (Å²) >= 11 is 0. The average Bonchev–Trinajstić information content (AvgIpc) is 2.40. The van der Waals surface area contributed by atoms with E-state index in [1.54, 1.807) is 14.2 Å². The van der Waals surface area contributed by atoms with Crippen molar-refractivity contribution >= 4 is 0 Å². The molecule has 0 unspecified atom stereocenters. The van der Waals surface area contributed by atoms with E-state index in [1.807, 2.05) is 6.26 Å². The summed E-state index contributed by atoms with van der Waals surface area (Å²) in [6.45, 7) is 0. The molecule has 0 aromatic heterocycles. The van der Waals surface area contributed by atoms with Crippen LogP contribution >= 0.6 is 0 Å². The van der Waals surface area contributed by atoms with E-state index in [9.17, 15) is 0 Å². The molecule has 0 atom stereocenters. The Kier molecular flexibility index (Phi) is 4.08. The van der Waals surface area contributed by atoms with Crippen LogP contribution in [0.4, 0.5) is 0 Å². The first-order valence-electron chi connectivity index (χ1n) is 6.18. The van der Waals surface area contributed by atoms with E-state index >= 15 is 0 Å². The fraction of sp³-hybridized carbons (Fsp3) is 0.467. The van der Waals surface area contributed by atoms with Gasteiger partial charge in [0.1, 0.15) is 5.75 Å². The van der Waals surface area contributed by atoms with Gasteiger partial charge < -0.3 is 9.47 Å². The number of allylic oxidation sites excluding steroid dienone is 1. The number of hydrogen-bond donors (Lipinski definition) is 0. The Bertz CT molecular complexity index is 368. The highest BCUT2D eigenvalue weighted by atomic mass is 16.5. The maximum absolute atomic E-state index is 5.18. The minimum atomic E-state index is 0.690. The van der Waals surface area contributed by atoms with Crippen molar-refractivity contribution in [1.29, 1.82) is 0 Å². The zero-order valence-electron chi connectivity index (χ0n) is 10.6.